The maximum Gasteiger partial charge on any atom is 0.313 e. The highest BCUT2D eigenvalue weighted by atomic mass is 32.2. The summed E-state index contributed by atoms with van der Waals surface area (Å²) < 4.78 is 32.2. The molecule has 1 fully saturated rings. The second kappa shape index (κ2) is 16.4. The molecule has 1 aliphatic rings. The predicted octanol–water partition coefficient (Wildman–Crippen LogP) is 7.81. The fourth-order valence-corrected chi connectivity index (χ4v) is 7.21. The van der Waals surface area contributed by atoms with E-state index in [0.29, 0.717) is 19.8 Å². The van der Waals surface area contributed by atoms with Crippen LogP contribution in [-0.2, 0) is 48.3 Å². The van der Waals surface area contributed by atoms with E-state index in [1.165, 1.54) is 12.7 Å². The fraction of sp³-hybridized carbons (Fsp3) is 0.359. The SMILES string of the molecule is COC(=O)C(C)(C)[C@H]1O[C@H](COCc2ccccc2)[C@H](OCc2ccccc2)[C@H](OCc2ccccc2)[C@@H]1Sc1ccc(C)cc1. The van der Waals surface area contributed by atoms with Gasteiger partial charge in [-0.05, 0) is 49.6 Å². The molecule has 0 aliphatic carbocycles. The van der Waals surface area contributed by atoms with Crippen LogP contribution >= 0.6 is 11.8 Å². The van der Waals surface area contributed by atoms with E-state index in [0.717, 1.165) is 21.6 Å². The second-order valence-electron chi connectivity index (χ2n) is 12.2. The van der Waals surface area contributed by atoms with E-state index in [1.54, 1.807) is 11.8 Å². The highest BCUT2D eigenvalue weighted by molar-refractivity contribution is 8.00. The Kier molecular flexibility index (Phi) is 12.1. The average molecular weight is 641 g/mol. The average Bonchev–Trinajstić information content (AvgIpc) is 3.09. The lowest BCUT2D eigenvalue weighted by molar-refractivity contribution is -0.236. The zero-order chi connectivity index (χ0) is 32.4. The molecule has 6 nitrogen and oxygen atoms in total. The van der Waals surface area contributed by atoms with Crippen LogP contribution in [0.1, 0.15) is 36.1 Å². The van der Waals surface area contributed by atoms with Gasteiger partial charge in [-0.25, -0.2) is 0 Å². The van der Waals surface area contributed by atoms with Crippen molar-refractivity contribution in [3.63, 3.8) is 0 Å². The minimum atomic E-state index is -0.993. The lowest BCUT2D eigenvalue weighted by Crippen LogP contribution is -2.63. The summed E-state index contributed by atoms with van der Waals surface area (Å²) >= 11 is 1.65. The topological polar surface area (TPSA) is 63.2 Å². The zero-order valence-corrected chi connectivity index (χ0v) is 27.9. The number of esters is 1. The Hall–Kier alpha value is -3.46. The third-order valence-electron chi connectivity index (χ3n) is 8.31. The van der Waals surface area contributed by atoms with Crippen LogP contribution in [0.25, 0.3) is 0 Å². The molecular weight excluding hydrogens is 596 g/mol. The van der Waals surface area contributed by atoms with Gasteiger partial charge in [0, 0.05) is 4.90 Å². The monoisotopic (exact) mass is 640 g/mol. The summed E-state index contributed by atoms with van der Waals surface area (Å²) in [7, 11) is 1.42. The van der Waals surface area contributed by atoms with Gasteiger partial charge in [0.1, 0.15) is 18.3 Å². The minimum Gasteiger partial charge on any atom is -0.469 e. The van der Waals surface area contributed by atoms with Crippen molar-refractivity contribution in [2.45, 2.75) is 75.2 Å². The van der Waals surface area contributed by atoms with Crippen LogP contribution in [0, 0.1) is 12.3 Å². The van der Waals surface area contributed by atoms with E-state index >= 15 is 0 Å². The molecule has 1 heterocycles. The standard InChI is InChI=1S/C39H44O6S/c1-28-20-22-32(23-21-28)46-36-35(44-26-31-18-12-7-13-19-31)34(43-25-30-16-10-6-11-17-30)33(27-42-24-29-14-8-5-9-15-29)45-37(36)39(2,3)38(40)41-4/h5-23,33-37H,24-27H2,1-4H3/t33-,34+,35+,36+,37+/m1/s1. The molecule has 1 saturated heterocycles. The van der Waals surface area contributed by atoms with Gasteiger partial charge in [0.25, 0.3) is 0 Å². The summed E-state index contributed by atoms with van der Waals surface area (Å²) in [5.41, 5.74) is 3.35. The minimum absolute atomic E-state index is 0.259. The quantitative estimate of drug-likeness (QED) is 0.130. The molecule has 4 aromatic rings. The number of thioether (sulfide) groups is 1. The van der Waals surface area contributed by atoms with Crippen molar-refractivity contribution in [3.05, 3.63) is 138 Å². The lowest BCUT2D eigenvalue weighted by Gasteiger charge is -2.50. The maximum absolute atomic E-state index is 13.3. The van der Waals surface area contributed by atoms with Crippen molar-refractivity contribution >= 4 is 17.7 Å². The van der Waals surface area contributed by atoms with Crippen LogP contribution in [-0.4, -0.2) is 49.4 Å². The molecule has 5 rings (SSSR count). The molecule has 0 N–H and O–H groups in total. The third kappa shape index (κ3) is 8.87. The molecule has 4 aromatic carbocycles. The Morgan fingerprint density at radius 3 is 1.74 bits per heavy atom. The summed E-state index contributed by atoms with van der Waals surface area (Å²) in [5, 5.41) is -0.313. The van der Waals surface area contributed by atoms with Crippen LogP contribution in [0.15, 0.2) is 120 Å². The number of carbonyl (C=O) groups excluding carboxylic acids is 1. The van der Waals surface area contributed by atoms with E-state index in [-0.39, 0.29) is 17.8 Å². The molecule has 0 spiro atoms. The number of ether oxygens (including phenoxy) is 5. The van der Waals surface area contributed by atoms with E-state index in [2.05, 4.69) is 43.3 Å². The Labute approximate surface area is 277 Å². The Balaban J connectivity index is 1.52. The molecule has 0 bridgehead atoms. The first-order chi connectivity index (χ1) is 22.3. The fourth-order valence-electron chi connectivity index (χ4n) is 5.70. The number of hydrogen-bond donors (Lipinski definition) is 0. The van der Waals surface area contributed by atoms with Crippen LogP contribution in [0.3, 0.4) is 0 Å². The summed E-state index contributed by atoms with van der Waals surface area (Å²) in [4.78, 5) is 14.4. The highest BCUT2D eigenvalue weighted by Gasteiger charge is 2.55. The maximum atomic E-state index is 13.3. The normalized spacial score (nSPS) is 21.5. The summed E-state index contributed by atoms with van der Waals surface area (Å²) in [5.74, 6) is -0.346. The number of rotatable bonds is 14. The Bertz CT molecular complexity index is 1480. The van der Waals surface area contributed by atoms with Gasteiger partial charge in [-0.2, -0.15) is 0 Å². The van der Waals surface area contributed by atoms with Gasteiger partial charge in [0.15, 0.2) is 0 Å². The molecule has 0 radical (unpaired) electrons. The first kappa shape index (κ1) is 33.9. The van der Waals surface area contributed by atoms with Crippen molar-refractivity contribution in [3.8, 4) is 0 Å². The van der Waals surface area contributed by atoms with E-state index in [9.17, 15) is 4.79 Å². The number of benzene rings is 4. The molecule has 7 heteroatoms. The van der Waals surface area contributed by atoms with Gasteiger partial charge < -0.3 is 23.7 Å². The van der Waals surface area contributed by atoms with Gasteiger partial charge in [-0.15, -0.1) is 11.8 Å². The van der Waals surface area contributed by atoms with Crippen LogP contribution < -0.4 is 0 Å². The highest BCUT2D eigenvalue weighted by Crippen LogP contribution is 2.44. The van der Waals surface area contributed by atoms with E-state index in [1.807, 2.05) is 92.7 Å². The molecule has 0 amide bonds. The van der Waals surface area contributed by atoms with Crippen LogP contribution in [0.5, 0.6) is 0 Å². The van der Waals surface area contributed by atoms with Crippen molar-refractivity contribution in [2.75, 3.05) is 13.7 Å². The smallest absolute Gasteiger partial charge is 0.313 e. The van der Waals surface area contributed by atoms with Crippen molar-refractivity contribution in [2.24, 2.45) is 5.41 Å². The van der Waals surface area contributed by atoms with Crippen LogP contribution in [0.2, 0.25) is 0 Å². The van der Waals surface area contributed by atoms with Gasteiger partial charge in [-0.3, -0.25) is 4.79 Å². The van der Waals surface area contributed by atoms with Gasteiger partial charge >= 0.3 is 5.97 Å². The Morgan fingerprint density at radius 1 is 0.717 bits per heavy atom. The number of methoxy groups -OCH3 is 1. The van der Waals surface area contributed by atoms with Gasteiger partial charge in [0.05, 0.1) is 50.3 Å². The zero-order valence-electron chi connectivity index (χ0n) is 27.0. The molecule has 46 heavy (non-hydrogen) atoms. The molecule has 242 valence electrons. The van der Waals surface area contributed by atoms with Crippen molar-refractivity contribution in [1.29, 1.82) is 0 Å². The lowest BCUT2D eigenvalue weighted by atomic mass is 9.79. The largest absolute Gasteiger partial charge is 0.469 e. The van der Waals surface area contributed by atoms with Gasteiger partial charge in [0.2, 0.25) is 0 Å². The molecule has 0 saturated carbocycles. The van der Waals surface area contributed by atoms with Crippen molar-refractivity contribution < 1.29 is 28.5 Å². The molecule has 0 unspecified atom stereocenters. The van der Waals surface area contributed by atoms with Crippen molar-refractivity contribution in [1.82, 2.24) is 0 Å². The van der Waals surface area contributed by atoms with Gasteiger partial charge in [-0.1, -0.05) is 109 Å². The number of carbonyl (C=O) groups is 1. The Morgan fingerprint density at radius 2 is 1.22 bits per heavy atom. The molecule has 0 aromatic heterocycles. The number of hydrogen-bond acceptors (Lipinski definition) is 7. The van der Waals surface area contributed by atoms with E-state index < -0.39 is 29.8 Å². The second-order valence-corrected chi connectivity index (χ2v) is 13.5. The first-order valence-electron chi connectivity index (χ1n) is 15.7. The molecular formula is C39H44O6S. The molecule has 5 atom stereocenters. The number of aryl methyl sites for hydroxylation is 1. The predicted molar refractivity (Wildman–Crippen MR) is 181 cm³/mol. The first-order valence-corrected chi connectivity index (χ1v) is 16.6. The summed E-state index contributed by atoms with van der Waals surface area (Å²) in [6.07, 6.45) is -2.04. The third-order valence-corrected chi connectivity index (χ3v) is 9.65. The molecule has 1 aliphatic heterocycles. The summed E-state index contributed by atoms with van der Waals surface area (Å²) in [6.45, 7) is 7.28. The van der Waals surface area contributed by atoms with E-state index in [4.69, 9.17) is 23.7 Å². The van der Waals surface area contributed by atoms with Crippen LogP contribution in [0.4, 0.5) is 0 Å². The summed E-state index contributed by atoms with van der Waals surface area (Å²) in [6, 6.07) is 38.7.